The summed E-state index contributed by atoms with van der Waals surface area (Å²) in [5.41, 5.74) is 2.75. The van der Waals surface area contributed by atoms with E-state index >= 15 is 0 Å². The number of nitrogens with zero attached hydrogens (tertiary/aromatic N) is 3. The molecule has 1 aromatic heterocycles. The van der Waals surface area contributed by atoms with Crippen LogP contribution in [0.25, 0.3) is 0 Å². The maximum absolute atomic E-state index is 12.1. The number of amides is 1. The SMILES string of the molecule is CC.CC[C@@H](CC(=O)Nc1ccccc1)n1nnc(C)c1C.P. The molecule has 128 valence electrons. The summed E-state index contributed by atoms with van der Waals surface area (Å²) >= 11 is 0. The van der Waals surface area contributed by atoms with Gasteiger partial charge in [0.05, 0.1) is 17.4 Å². The van der Waals surface area contributed by atoms with Crippen LogP contribution in [0.3, 0.4) is 0 Å². The second kappa shape index (κ2) is 10.9. The predicted molar refractivity (Wildman–Crippen MR) is 101 cm³/mol. The normalized spacial score (nSPS) is 10.8. The van der Waals surface area contributed by atoms with Gasteiger partial charge in [0.15, 0.2) is 0 Å². The van der Waals surface area contributed by atoms with Crippen molar-refractivity contribution in [1.82, 2.24) is 15.0 Å². The molecule has 0 saturated carbocycles. The Morgan fingerprint density at radius 3 is 2.30 bits per heavy atom. The van der Waals surface area contributed by atoms with Crippen molar-refractivity contribution < 1.29 is 4.79 Å². The second-order valence-corrected chi connectivity index (χ2v) is 4.89. The molecule has 1 amide bonds. The molecule has 2 aromatic rings. The molecule has 0 aliphatic rings. The Kier molecular flexibility index (Phi) is 10.1. The topological polar surface area (TPSA) is 59.8 Å². The fraction of sp³-hybridized carbons (Fsp3) is 0.471. The monoisotopic (exact) mass is 336 g/mol. The molecule has 23 heavy (non-hydrogen) atoms. The Hall–Kier alpha value is -1.74. The minimum atomic E-state index is -0.00407. The Morgan fingerprint density at radius 1 is 1.22 bits per heavy atom. The average molecular weight is 336 g/mol. The molecule has 1 heterocycles. The highest BCUT2D eigenvalue weighted by Gasteiger charge is 2.18. The van der Waals surface area contributed by atoms with E-state index in [0.29, 0.717) is 6.42 Å². The van der Waals surface area contributed by atoms with Crippen LogP contribution in [0.1, 0.15) is 51.0 Å². The van der Waals surface area contributed by atoms with E-state index in [-0.39, 0.29) is 21.8 Å². The van der Waals surface area contributed by atoms with Crippen molar-refractivity contribution in [3.8, 4) is 0 Å². The standard InChI is InChI=1S/C15H20N4O.C2H6.H3P/c1-4-14(19-12(3)11(2)17-18-19)10-15(20)16-13-8-6-5-7-9-13;1-2;/h5-9,14H,4,10H2,1-3H3,(H,16,20);1-2H3;1H3/t14-;;/m0../s1. The lowest BCUT2D eigenvalue weighted by atomic mass is 10.1. The molecule has 0 aliphatic heterocycles. The summed E-state index contributed by atoms with van der Waals surface area (Å²) in [6, 6.07) is 9.52. The summed E-state index contributed by atoms with van der Waals surface area (Å²) in [6.45, 7) is 9.96. The zero-order valence-corrected chi connectivity index (χ0v) is 16.2. The minimum absolute atomic E-state index is 0. The van der Waals surface area contributed by atoms with E-state index in [4.69, 9.17) is 0 Å². The number of para-hydroxylation sites is 1. The highest BCUT2D eigenvalue weighted by Crippen LogP contribution is 2.19. The third-order valence-electron chi connectivity index (χ3n) is 3.45. The molecule has 5 nitrogen and oxygen atoms in total. The number of carbonyl (C=O) groups excluding carboxylic acids is 1. The number of hydrogen-bond donors (Lipinski definition) is 1. The van der Waals surface area contributed by atoms with Crippen molar-refractivity contribution in [2.24, 2.45) is 0 Å². The van der Waals surface area contributed by atoms with Crippen LogP contribution in [0.5, 0.6) is 0 Å². The van der Waals surface area contributed by atoms with Gasteiger partial charge in [0.1, 0.15) is 0 Å². The molecular weight excluding hydrogens is 307 g/mol. The van der Waals surface area contributed by atoms with Crippen molar-refractivity contribution in [3.63, 3.8) is 0 Å². The number of anilines is 1. The van der Waals surface area contributed by atoms with E-state index in [1.165, 1.54) is 0 Å². The van der Waals surface area contributed by atoms with E-state index in [0.717, 1.165) is 23.5 Å². The molecule has 1 N–H and O–H groups in total. The molecule has 2 rings (SSSR count). The van der Waals surface area contributed by atoms with E-state index in [2.05, 4.69) is 22.6 Å². The minimum Gasteiger partial charge on any atom is -0.326 e. The zero-order valence-electron chi connectivity index (χ0n) is 14.8. The zero-order chi connectivity index (χ0) is 16.5. The first-order valence-corrected chi connectivity index (χ1v) is 7.85. The van der Waals surface area contributed by atoms with Crippen molar-refractivity contribution >= 4 is 21.5 Å². The van der Waals surface area contributed by atoms with Gasteiger partial charge in [0, 0.05) is 12.1 Å². The van der Waals surface area contributed by atoms with Gasteiger partial charge in [-0.3, -0.25) is 4.79 Å². The first-order valence-electron chi connectivity index (χ1n) is 7.85. The largest absolute Gasteiger partial charge is 0.326 e. The van der Waals surface area contributed by atoms with E-state index in [1.54, 1.807) is 0 Å². The Balaban J connectivity index is 0.00000155. The predicted octanol–water partition coefficient (Wildman–Crippen LogP) is 3.96. The molecule has 1 aromatic carbocycles. The molecule has 2 atom stereocenters. The molecular formula is C17H29N4OP. The highest BCUT2D eigenvalue weighted by molar-refractivity contribution is 6.92. The van der Waals surface area contributed by atoms with Gasteiger partial charge in [-0.05, 0) is 32.4 Å². The lowest BCUT2D eigenvalue weighted by Gasteiger charge is -2.16. The van der Waals surface area contributed by atoms with E-state index in [1.807, 2.05) is 62.7 Å². The summed E-state index contributed by atoms with van der Waals surface area (Å²) in [6.07, 6.45) is 1.24. The van der Waals surface area contributed by atoms with Crippen LogP contribution >= 0.6 is 9.90 Å². The van der Waals surface area contributed by atoms with Gasteiger partial charge in [0.2, 0.25) is 5.91 Å². The summed E-state index contributed by atoms with van der Waals surface area (Å²) < 4.78 is 1.85. The van der Waals surface area contributed by atoms with Gasteiger partial charge < -0.3 is 5.32 Å². The van der Waals surface area contributed by atoms with Gasteiger partial charge in [-0.15, -0.1) is 5.10 Å². The van der Waals surface area contributed by atoms with Gasteiger partial charge in [-0.25, -0.2) is 4.68 Å². The van der Waals surface area contributed by atoms with Crippen LogP contribution in [-0.2, 0) is 4.79 Å². The average Bonchev–Trinajstić information content (AvgIpc) is 2.87. The molecule has 0 spiro atoms. The van der Waals surface area contributed by atoms with Crippen molar-refractivity contribution in [1.29, 1.82) is 0 Å². The van der Waals surface area contributed by atoms with E-state index < -0.39 is 0 Å². The maximum Gasteiger partial charge on any atom is 0.226 e. The van der Waals surface area contributed by atoms with Crippen molar-refractivity contribution in [2.45, 2.75) is 53.5 Å². The molecule has 1 unspecified atom stereocenters. The van der Waals surface area contributed by atoms with Gasteiger partial charge in [-0.1, -0.05) is 44.2 Å². The van der Waals surface area contributed by atoms with Gasteiger partial charge >= 0.3 is 0 Å². The van der Waals surface area contributed by atoms with Crippen LogP contribution in [0, 0.1) is 13.8 Å². The third kappa shape index (κ3) is 6.11. The second-order valence-electron chi connectivity index (χ2n) is 4.89. The van der Waals surface area contributed by atoms with Gasteiger partial charge in [0.25, 0.3) is 0 Å². The Bertz CT molecular complexity index is 584. The molecule has 0 bridgehead atoms. The number of benzene rings is 1. The molecule has 0 radical (unpaired) electrons. The first kappa shape index (κ1) is 21.3. The lowest BCUT2D eigenvalue weighted by molar-refractivity contribution is -0.117. The Morgan fingerprint density at radius 2 is 1.83 bits per heavy atom. The maximum atomic E-state index is 12.1. The Labute approximate surface area is 142 Å². The molecule has 0 aliphatic carbocycles. The highest BCUT2D eigenvalue weighted by atomic mass is 31.0. The quantitative estimate of drug-likeness (QED) is 0.841. The van der Waals surface area contributed by atoms with Crippen molar-refractivity contribution in [2.75, 3.05) is 5.32 Å². The molecule has 0 fully saturated rings. The lowest BCUT2D eigenvalue weighted by Crippen LogP contribution is -2.20. The third-order valence-corrected chi connectivity index (χ3v) is 3.45. The number of aryl methyl sites for hydroxylation is 1. The smallest absolute Gasteiger partial charge is 0.226 e. The summed E-state index contributed by atoms with van der Waals surface area (Å²) in [5.74, 6) is -0.00407. The number of nitrogens with one attached hydrogen (secondary N) is 1. The van der Waals surface area contributed by atoms with Gasteiger partial charge in [-0.2, -0.15) is 9.90 Å². The number of hydrogen-bond acceptors (Lipinski definition) is 3. The van der Waals surface area contributed by atoms with Crippen LogP contribution in [0.4, 0.5) is 5.69 Å². The first-order chi connectivity index (χ1) is 10.6. The summed E-state index contributed by atoms with van der Waals surface area (Å²) in [7, 11) is 0. The fourth-order valence-electron chi connectivity index (χ4n) is 2.12. The van der Waals surface area contributed by atoms with Crippen LogP contribution < -0.4 is 5.32 Å². The number of rotatable bonds is 5. The van der Waals surface area contributed by atoms with Crippen LogP contribution in [0.15, 0.2) is 30.3 Å². The number of aromatic nitrogens is 3. The summed E-state index contributed by atoms with van der Waals surface area (Å²) in [5, 5.41) is 11.1. The molecule has 6 heteroatoms. The van der Waals surface area contributed by atoms with Crippen LogP contribution in [-0.4, -0.2) is 20.9 Å². The molecule has 0 saturated heterocycles. The van der Waals surface area contributed by atoms with Crippen LogP contribution in [0.2, 0.25) is 0 Å². The van der Waals surface area contributed by atoms with Crippen molar-refractivity contribution in [3.05, 3.63) is 41.7 Å². The van der Waals surface area contributed by atoms with E-state index in [9.17, 15) is 4.79 Å². The fourth-order valence-corrected chi connectivity index (χ4v) is 2.12. The summed E-state index contributed by atoms with van der Waals surface area (Å²) in [4.78, 5) is 12.1. The number of carbonyl (C=O) groups is 1.